The van der Waals surface area contributed by atoms with E-state index in [1.807, 2.05) is 62.9 Å². The molecular formula is C33H50N4O6S. The number of methoxy groups -OCH3 is 1. The number of carbonyl (C=O) groups is 2. The van der Waals surface area contributed by atoms with Crippen LogP contribution in [0, 0.1) is 11.8 Å². The second-order valence-corrected chi connectivity index (χ2v) is 14.2. The summed E-state index contributed by atoms with van der Waals surface area (Å²) in [7, 11) is -2.50. The van der Waals surface area contributed by atoms with Gasteiger partial charge in [-0.2, -0.15) is 4.31 Å². The van der Waals surface area contributed by atoms with Gasteiger partial charge in [0.15, 0.2) is 0 Å². The second-order valence-electron chi connectivity index (χ2n) is 12.2. The number of hydrazine groups is 1. The third kappa shape index (κ3) is 10.3. The Balaban J connectivity index is 1.98. The highest BCUT2D eigenvalue weighted by atomic mass is 32.2. The molecule has 244 valence electrons. The number of rotatable bonds is 16. The van der Waals surface area contributed by atoms with Gasteiger partial charge in [-0.1, -0.05) is 64.4 Å². The average Bonchev–Trinajstić information content (AvgIpc) is 3.51. The topological polar surface area (TPSA) is 119 Å². The third-order valence-corrected chi connectivity index (χ3v) is 9.87. The molecule has 1 unspecified atom stereocenters. The van der Waals surface area contributed by atoms with Gasteiger partial charge in [0, 0.05) is 19.5 Å². The summed E-state index contributed by atoms with van der Waals surface area (Å²) in [4.78, 5) is 29.2. The first-order valence-electron chi connectivity index (χ1n) is 15.6. The van der Waals surface area contributed by atoms with E-state index in [1.165, 1.54) is 28.6 Å². The number of nitrogens with one attached hydrogen (secondary N) is 1. The highest BCUT2D eigenvalue weighted by molar-refractivity contribution is 7.89. The molecule has 1 saturated heterocycles. The van der Waals surface area contributed by atoms with E-state index in [2.05, 4.69) is 5.43 Å². The van der Waals surface area contributed by atoms with Crippen LogP contribution in [0.3, 0.4) is 0 Å². The molecule has 1 heterocycles. The van der Waals surface area contributed by atoms with Gasteiger partial charge < -0.3 is 9.84 Å². The molecule has 0 radical (unpaired) electrons. The largest absolute Gasteiger partial charge is 0.497 e. The van der Waals surface area contributed by atoms with E-state index < -0.39 is 22.2 Å². The Kier molecular flexibility index (Phi) is 13.6. The van der Waals surface area contributed by atoms with Crippen molar-refractivity contribution in [2.24, 2.45) is 11.8 Å². The van der Waals surface area contributed by atoms with Crippen molar-refractivity contribution in [3.8, 4) is 5.75 Å². The van der Waals surface area contributed by atoms with Crippen molar-refractivity contribution in [3.63, 3.8) is 0 Å². The lowest BCUT2D eigenvalue weighted by Crippen LogP contribution is -2.60. The maximum atomic E-state index is 13.9. The molecule has 0 aromatic heterocycles. The van der Waals surface area contributed by atoms with Gasteiger partial charge in [-0.05, 0) is 74.0 Å². The van der Waals surface area contributed by atoms with Gasteiger partial charge in [-0.3, -0.25) is 19.9 Å². The zero-order valence-corrected chi connectivity index (χ0v) is 27.6. The predicted octanol–water partition coefficient (Wildman–Crippen LogP) is 3.71. The number of aliphatic hydroxyl groups excluding tert-OH is 1. The fraction of sp³-hybridized carbons (Fsp3) is 0.576. The van der Waals surface area contributed by atoms with Crippen molar-refractivity contribution < 1.29 is 27.9 Å². The number of hydrogen-bond donors (Lipinski definition) is 2. The number of benzene rings is 2. The number of nitrogens with zero attached hydrogens (tertiary/aromatic N) is 3. The maximum Gasteiger partial charge on any atom is 0.252 e. The summed E-state index contributed by atoms with van der Waals surface area (Å²) in [6, 6.07) is 14.6. The van der Waals surface area contributed by atoms with Crippen molar-refractivity contribution in [2.75, 3.05) is 39.8 Å². The minimum Gasteiger partial charge on any atom is -0.497 e. The molecule has 0 spiro atoms. The molecule has 1 aliphatic rings. The lowest BCUT2D eigenvalue weighted by atomic mass is 9.98. The normalized spacial score (nSPS) is 16.1. The Hall–Kier alpha value is -2.99. The second kappa shape index (κ2) is 16.9. The highest BCUT2D eigenvalue weighted by Crippen LogP contribution is 2.23. The van der Waals surface area contributed by atoms with Crippen LogP contribution in [0.15, 0.2) is 59.5 Å². The molecule has 2 amide bonds. The Labute approximate surface area is 263 Å². The molecule has 11 heteroatoms. The SMILES string of the molecule is CC[C@H](C)CC(=O)N(NC(=O)CN1CCCC1)C(Cc1ccccc1)[C@H](O)CN(CC(C)C)S(=O)(=O)c1ccc(OC)cc1. The van der Waals surface area contributed by atoms with E-state index in [1.54, 1.807) is 12.1 Å². The van der Waals surface area contributed by atoms with Crippen LogP contribution in [0.25, 0.3) is 0 Å². The van der Waals surface area contributed by atoms with Crippen molar-refractivity contribution in [3.05, 3.63) is 60.2 Å². The van der Waals surface area contributed by atoms with Crippen LogP contribution in [0.4, 0.5) is 0 Å². The van der Waals surface area contributed by atoms with Gasteiger partial charge in [-0.25, -0.2) is 13.4 Å². The van der Waals surface area contributed by atoms with Crippen molar-refractivity contribution in [1.82, 2.24) is 19.6 Å². The maximum absolute atomic E-state index is 13.9. The molecule has 2 aromatic rings. The Bertz CT molecular complexity index is 1280. The first-order chi connectivity index (χ1) is 20.9. The van der Waals surface area contributed by atoms with Gasteiger partial charge in [-0.15, -0.1) is 0 Å². The summed E-state index contributed by atoms with van der Waals surface area (Å²) >= 11 is 0. The molecule has 0 saturated carbocycles. The Morgan fingerprint density at radius 2 is 1.64 bits per heavy atom. The van der Waals surface area contributed by atoms with Crippen molar-refractivity contribution in [1.29, 1.82) is 0 Å². The molecule has 0 bridgehead atoms. The van der Waals surface area contributed by atoms with Crippen LogP contribution in [0.1, 0.15) is 58.9 Å². The fourth-order valence-corrected chi connectivity index (χ4v) is 6.97. The minimum absolute atomic E-state index is 0.0360. The number of amides is 2. The number of aliphatic hydroxyl groups is 1. The summed E-state index contributed by atoms with van der Waals surface area (Å²) in [6.07, 6.45) is 1.90. The highest BCUT2D eigenvalue weighted by Gasteiger charge is 2.36. The van der Waals surface area contributed by atoms with Gasteiger partial charge in [0.05, 0.1) is 30.7 Å². The first-order valence-corrected chi connectivity index (χ1v) is 17.1. The van der Waals surface area contributed by atoms with Crippen molar-refractivity contribution in [2.45, 2.75) is 76.8 Å². The molecule has 3 rings (SSSR count). The molecule has 2 aromatic carbocycles. The van der Waals surface area contributed by atoms with Gasteiger partial charge in [0.25, 0.3) is 5.91 Å². The molecule has 1 aliphatic heterocycles. The fourth-order valence-electron chi connectivity index (χ4n) is 5.34. The van der Waals surface area contributed by atoms with Gasteiger partial charge >= 0.3 is 0 Å². The molecule has 2 N–H and O–H groups in total. The number of carbonyl (C=O) groups excluding carboxylic acids is 2. The predicted molar refractivity (Wildman–Crippen MR) is 171 cm³/mol. The minimum atomic E-state index is -4.01. The number of ether oxygens (including phenoxy) is 1. The molecule has 10 nitrogen and oxygen atoms in total. The molecule has 3 atom stereocenters. The third-order valence-electron chi connectivity index (χ3n) is 8.02. The lowest BCUT2D eigenvalue weighted by Gasteiger charge is -2.37. The number of likely N-dealkylation sites (tertiary alicyclic amines) is 1. The van der Waals surface area contributed by atoms with E-state index in [9.17, 15) is 23.1 Å². The lowest BCUT2D eigenvalue weighted by molar-refractivity contribution is -0.149. The molecule has 1 fully saturated rings. The summed E-state index contributed by atoms with van der Waals surface area (Å²) in [5.41, 5.74) is 3.68. The van der Waals surface area contributed by atoms with E-state index in [-0.39, 0.29) is 61.0 Å². The van der Waals surface area contributed by atoms with Crippen LogP contribution in [0.2, 0.25) is 0 Å². The van der Waals surface area contributed by atoms with E-state index in [4.69, 9.17) is 4.74 Å². The number of sulfonamides is 1. The monoisotopic (exact) mass is 630 g/mol. The average molecular weight is 631 g/mol. The zero-order chi connectivity index (χ0) is 32.3. The standard InChI is InChI=1S/C33H50N4O6S/c1-6-26(4)20-33(40)37(34-32(39)24-35-18-10-11-19-35)30(21-27-12-8-7-9-13-27)31(38)23-36(22-25(2)3)44(41,42)29-16-14-28(43-5)15-17-29/h7-9,12-17,25-26,30-31,38H,6,10-11,18-24H2,1-5H3,(H,34,39)/t26-,30?,31+/m0/s1. The van der Waals surface area contributed by atoms with Crippen LogP contribution in [-0.4, -0.2) is 91.5 Å². The zero-order valence-electron chi connectivity index (χ0n) is 26.8. The van der Waals surface area contributed by atoms with E-state index >= 15 is 0 Å². The van der Waals surface area contributed by atoms with Crippen LogP contribution < -0.4 is 10.2 Å². The Morgan fingerprint density at radius 3 is 2.20 bits per heavy atom. The van der Waals surface area contributed by atoms with E-state index in [0.717, 1.165) is 37.9 Å². The molecule has 44 heavy (non-hydrogen) atoms. The smallest absolute Gasteiger partial charge is 0.252 e. The summed E-state index contributed by atoms with van der Waals surface area (Å²) in [5, 5.41) is 13.1. The van der Waals surface area contributed by atoms with Crippen molar-refractivity contribution >= 4 is 21.8 Å². The summed E-state index contributed by atoms with van der Waals surface area (Å²) in [6.45, 7) is 9.46. The van der Waals surface area contributed by atoms with Crippen LogP contribution in [0.5, 0.6) is 5.75 Å². The van der Waals surface area contributed by atoms with Gasteiger partial charge in [0.1, 0.15) is 5.75 Å². The summed E-state index contributed by atoms with van der Waals surface area (Å²) < 4.78 is 34.2. The first kappa shape index (κ1) is 35.5. The quantitative estimate of drug-likeness (QED) is 0.272. The summed E-state index contributed by atoms with van der Waals surface area (Å²) in [5.74, 6) is -0.0986. The molecular weight excluding hydrogens is 580 g/mol. The number of hydrogen-bond acceptors (Lipinski definition) is 7. The molecule has 0 aliphatic carbocycles. The van der Waals surface area contributed by atoms with Crippen LogP contribution in [-0.2, 0) is 26.0 Å². The van der Waals surface area contributed by atoms with Crippen LogP contribution >= 0.6 is 0 Å². The Morgan fingerprint density at radius 1 is 1.00 bits per heavy atom. The van der Waals surface area contributed by atoms with Gasteiger partial charge in [0.2, 0.25) is 15.9 Å². The van der Waals surface area contributed by atoms with E-state index in [0.29, 0.717) is 5.75 Å².